The molecule has 1 atom stereocenters. The molecule has 1 N–H and O–H groups in total. The van der Waals surface area contributed by atoms with Crippen LogP contribution in [0.15, 0.2) is 18.3 Å². The minimum atomic E-state index is 0.368. The second-order valence-corrected chi connectivity index (χ2v) is 5.39. The van der Waals surface area contributed by atoms with E-state index in [2.05, 4.69) is 41.2 Å². The maximum atomic E-state index is 5.88. The van der Waals surface area contributed by atoms with Gasteiger partial charge in [-0.25, -0.2) is 4.98 Å². The van der Waals surface area contributed by atoms with Crippen molar-refractivity contribution in [2.24, 2.45) is 0 Å². The lowest BCUT2D eigenvalue weighted by atomic mass is 10.1. The molecule has 0 saturated carbocycles. The first-order chi connectivity index (χ1) is 9.83. The number of rotatable bonds is 7. The second-order valence-electron chi connectivity index (χ2n) is 5.39. The van der Waals surface area contributed by atoms with Crippen LogP contribution in [0.1, 0.15) is 38.7 Å². The Kier molecular flexibility index (Phi) is 6.27. The molecule has 0 bridgehead atoms. The van der Waals surface area contributed by atoms with Gasteiger partial charge in [0.2, 0.25) is 0 Å². The highest BCUT2D eigenvalue weighted by atomic mass is 16.5. The Labute approximate surface area is 122 Å². The number of nitrogens with one attached hydrogen (secondary N) is 1. The molecular formula is C16H27N3O. The van der Waals surface area contributed by atoms with Crippen LogP contribution >= 0.6 is 0 Å². The zero-order valence-electron chi connectivity index (χ0n) is 12.8. The van der Waals surface area contributed by atoms with Crippen molar-refractivity contribution in [2.45, 2.75) is 45.8 Å². The number of ether oxygens (including phenoxy) is 1. The summed E-state index contributed by atoms with van der Waals surface area (Å²) in [5, 5.41) is 3.32. The van der Waals surface area contributed by atoms with Crippen LogP contribution in [0.3, 0.4) is 0 Å². The molecule has 1 saturated heterocycles. The quantitative estimate of drug-likeness (QED) is 0.831. The van der Waals surface area contributed by atoms with E-state index in [4.69, 9.17) is 4.74 Å². The van der Waals surface area contributed by atoms with Gasteiger partial charge in [-0.3, -0.25) is 0 Å². The molecule has 1 aromatic heterocycles. The maximum absolute atomic E-state index is 5.88. The standard InChI is InChI=1S/C16H27N3O/c1-3-10-20-15-6-5-9-19(13-15)16-8-7-14(12-18-16)11-17-4-2/h7-8,12,15,17H,3-6,9-11,13H2,1-2H3. The predicted molar refractivity (Wildman–Crippen MR) is 83.1 cm³/mol. The largest absolute Gasteiger partial charge is 0.376 e. The zero-order chi connectivity index (χ0) is 14.2. The van der Waals surface area contributed by atoms with Gasteiger partial charge >= 0.3 is 0 Å². The smallest absolute Gasteiger partial charge is 0.128 e. The van der Waals surface area contributed by atoms with Gasteiger partial charge in [-0.05, 0) is 37.4 Å². The summed E-state index contributed by atoms with van der Waals surface area (Å²) in [5.41, 5.74) is 1.24. The Hall–Kier alpha value is -1.13. The van der Waals surface area contributed by atoms with Gasteiger partial charge in [-0.1, -0.05) is 19.9 Å². The highest BCUT2D eigenvalue weighted by Gasteiger charge is 2.21. The van der Waals surface area contributed by atoms with Gasteiger partial charge in [0.25, 0.3) is 0 Å². The lowest BCUT2D eigenvalue weighted by molar-refractivity contribution is 0.0439. The molecule has 4 nitrogen and oxygen atoms in total. The van der Waals surface area contributed by atoms with Gasteiger partial charge in [0.1, 0.15) is 5.82 Å². The number of hydrogen-bond acceptors (Lipinski definition) is 4. The first kappa shape index (κ1) is 15.3. The van der Waals surface area contributed by atoms with Crippen LogP contribution in [0.25, 0.3) is 0 Å². The van der Waals surface area contributed by atoms with Crippen molar-refractivity contribution in [1.82, 2.24) is 10.3 Å². The highest BCUT2D eigenvalue weighted by Crippen LogP contribution is 2.19. The summed E-state index contributed by atoms with van der Waals surface area (Å²) in [5.74, 6) is 1.08. The third-order valence-electron chi connectivity index (χ3n) is 3.65. The molecular weight excluding hydrogens is 250 g/mol. The summed E-state index contributed by atoms with van der Waals surface area (Å²) < 4.78 is 5.88. The number of piperidine rings is 1. The molecule has 0 aromatic carbocycles. The lowest BCUT2D eigenvalue weighted by Crippen LogP contribution is -2.40. The molecule has 20 heavy (non-hydrogen) atoms. The third-order valence-corrected chi connectivity index (χ3v) is 3.65. The van der Waals surface area contributed by atoms with E-state index >= 15 is 0 Å². The highest BCUT2D eigenvalue weighted by molar-refractivity contribution is 5.40. The number of anilines is 1. The van der Waals surface area contributed by atoms with E-state index in [0.29, 0.717) is 6.10 Å². The van der Waals surface area contributed by atoms with Crippen molar-refractivity contribution >= 4 is 5.82 Å². The van der Waals surface area contributed by atoms with Crippen molar-refractivity contribution in [2.75, 3.05) is 31.1 Å². The number of hydrogen-bond donors (Lipinski definition) is 1. The molecule has 0 radical (unpaired) electrons. The Morgan fingerprint density at radius 1 is 1.40 bits per heavy atom. The zero-order valence-corrected chi connectivity index (χ0v) is 12.8. The number of nitrogens with zero attached hydrogens (tertiary/aromatic N) is 2. The van der Waals surface area contributed by atoms with E-state index in [-0.39, 0.29) is 0 Å². The van der Waals surface area contributed by atoms with Crippen LogP contribution in [-0.2, 0) is 11.3 Å². The number of pyridine rings is 1. The van der Waals surface area contributed by atoms with Crippen LogP contribution in [0, 0.1) is 0 Å². The fourth-order valence-corrected chi connectivity index (χ4v) is 2.54. The van der Waals surface area contributed by atoms with Crippen LogP contribution in [0.5, 0.6) is 0 Å². The van der Waals surface area contributed by atoms with Crippen LogP contribution in [0.4, 0.5) is 5.82 Å². The fourth-order valence-electron chi connectivity index (χ4n) is 2.54. The third kappa shape index (κ3) is 4.46. The van der Waals surface area contributed by atoms with E-state index < -0.39 is 0 Å². The van der Waals surface area contributed by atoms with Gasteiger partial charge < -0.3 is 15.0 Å². The SMILES string of the molecule is CCCOC1CCCN(c2ccc(CNCC)cn2)C1. The van der Waals surface area contributed by atoms with Crippen LogP contribution in [0.2, 0.25) is 0 Å². The van der Waals surface area contributed by atoms with E-state index in [0.717, 1.165) is 45.0 Å². The molecule has 4 heteroatoms. The van der Waals surface area contributed by atoms with E-state index in [1.807, 2.05) is 6.20 Å². The minimum absolute atomic E-state index is 0.368. The van der Waals surface area contributed by atoms with E-state index in [9.17, 15) is 0 Å². The average molecular weight is 277 g/mol. The molecule has 1 aliphatic rings. The summed E-state index contributed by atoms with van der Waals surface area (Å²) in [6, 6.07) is 4.30. The van der Waals surface area contributed by atoms with Crippen molar-refractivity contribution < 1.29 is 4.74 Å². The molecule has 0 aliphatic carbocycles. The average Bonchev–Trinajstić information content (AvgIpc) is 2.52. The van der Waals surface area contributed by atoms with Gasteiger partial charge in [0, 0.05) is 32.4 Å². The molecule has 2 rings (SSSR count). The summed E-state index contributed by atoms with van der Waals surface area (Å²) in [6.07, 6.45) is 5.80. The van der Waals surface area contributed by atoms with Crippen LogP contribution < -0.4 is 10.2 Å². The van der Waals surface area contributed by atoms with E-state index in [1.165, 1.54) is 18.4 Å². The monoisotopic (exact) mass is 277 g/mol. The summed E-state index contributed by atoms with van der Waals surface area (Å²) in [6.45, 7) is 9.09. The van der Waals surface area contributed by atoms with Gasteiger partial charge in [-0.15, -0.1) is 0 Å². The molecule has 1 fully saturated rings. The van der Waals surface area contributed by atoms with Crippen molar-refractivity contribution in [1.29, 1.82) is 0 Å². The predicted octanol–water partition coefficient (Wildman–Crippen LogP) is 2.59. The van der Waals surface area contributed by atoms with Crippen LogP contribution in [-0.4, -0.2) is 37.3 Å². The molecule has 0 spiro atoms. The maximum Gasteiger partial charge on any atom is 0.128 e. The summed E-state index contributed by atoms with van der Waals surface area (Å²) >= 11 is 0. The second kappa shape index (κ2) is 8.22. The Balaban J connectivity index is 1.89. The fraction of sp³-hybridized carbons (Fsp3) is 0.688. The topological polar surface area (TPSA) is 37.4 Å². The van der Waals surface area contributed by atoms with Gasteiger partial charge in [-0.2, -0.15) is 0 Å². The minimum Gasteiger partial charge on any atom is -0.376 e. The lowest BCUT2D eigenvalue weighted by Gasteiger charge is -2.33. The first-order valence-electron chi connectivity index (χ1n) is 7.85. The Morgan fingerprint density at radius 2 is 2.30 bits per heavy atom. The molecule has 2 heterocycles. The molecule has 0 amide bonds. The molecule has 1 unspecified atom stereocenters. The molecule has 1 aromatic rings. The van der Waals surface area contributed by atoms with E-state index in [1.54, 1.807) is 0 Å². The molecule has 112 valence electrons. The first-order valence-corrected chi connectivity index (χ1v) is 7.85. The van der Waals surface area contributed by atoms with Gasteiger partial charge in [0.05, 0.1) is 6.10 Å². The summed E-state index contributed by atoms with van der Waals surface area (Å²) in [7, 11) is 0. The Bertz CT molecular complexity index is 380. The van der Waals surface area contributed by atoms with Gasteiger partial charge in [0.15, 0.2) is 0 Å². The Morgan fingerprint density at radius 3 is 3.00 bits per heavy atom. The van der Waals surface area contributed by atoms with Crippen molar-refractivity contribution in [3.8, 4) is 0 Å². The normalized spacial score (nSPS) is 19.3. The summed E-state index contributed by atoms with van der Waals surface area (Å²) in [4.78, 5) is 6.95. The van der Waals surface area contributed by atoms with Crippen molar-refractivity contribution in [3.05, 3.63) is 23.9 Å². The molecule has 1 aliphatic heterocycles. The van der Waals surface area contributed by atoms with Crippen molar-refractivity contribution in [3.63, 3.8) is 0 Å². The number of aromatic nitrogens is 1.